The zero-order valence-electron chi connectivity index (χ0n) is 11.1. The van der Waals surface area contributed by atoms with Gasteiger partial charge >= 0.3 is 0 Å². The summed E-state index contributed by atoms with van der Waals surface area (Å²) in [5.41, 5.74) is 2.09. The number of likely N-dealkylation sites (N-methyl/N-ethyl adjacent to an activating group) is 1. The number of rotatable bonds is 2. The summed E-state index contributed by atoms with van der Waals surface area (Å²) < 4.78 is 0. The number of amides is 2. The molecule has 0 spiro atoms. The highest BCUT2D eigenvalue weighted by Gasteiger charge is 2.40. The van der Waals surface area contributed by atoms with E-state index in [0.29, 0.717) is 17.4 Å². The maximum absolute atomic E-state index is 12.1. The minimum atomic E-state index is -0.504. The molecule has 4 heteroatoms. The molecule has 1 aliphatic carbocycles. The molecular weight excluding hydrogens is 242 g/mol. The zero-order chi connectivity index (χ0) is 13.7. The molecule has 0 radical (unpaired) electrons. The Balaban J connectivity index is 1.95. The van der Waals surface area contributed by atoms with Crippen LogP contribution in [0.4, 0.5) is 0 Å². The molecule has 2 amide bonds. The molecule has 19 heavy (non-hydrogen) atoms. The van der Waals surface area contributed by atoms with Crippen molar-refractivity contribution in [3.63, 3.8) is 0 Å². The van der Waals surface area contributed by atoms with Crippen LogP contribution in [-0.2, 0) is 11.2 Å². The normalized spacial score (nSPS) is 27.2. The molecule has 0 bridgehead atoms. The fraction of sp³-hybridized carbons (Fsp3) is 0.467. The lowest BCUT2D eigenvalue weighted by Crippen LogP contribution is -2.39. The Kier molecular flexibility index (Phi) is 2.71. The van der Waals surface area contributed by atoms with Crippen molar-refractivity contribution >= 4 is 11.8 Å². The predicted octanol–water partition coefficient (Wildman–Crippen LogP) is 1.53. The number of benzene rings is 1. The van der Waals surface area contributed by atoms with Gasteiger partial charge < -0.3 is 5.11 Å². The van der Waals surface area contributed by atoms with Gasteiger partial charge in [-0.3, -0.25) is 14.5 Å². The van der Waals surface area contributed by atoms with Crippen molar-refractivity contribution in [2.75, 3.05) is 7.05 Å². The first-order valence-electron chi connectivity index (χ1n) is 6.61. The minimum Gasteiger partial charge on any atom is -0.388 e. The molecule has 100 valence electrons. The topological polar surface area (TPSA) is 57.6 Å². The summed E-state index contributed by atoms with van der Waals surface area (Å²) in [4.78, 5) is 24.8. The summed E-state index contributed by atoms with van der Waals surface area (Å²) in [7, 11) is 1.50. The Labute approximate surface area is 112 Å². The molecule has 0 saturated heterocycles. The van der Waals surface area contributed by atoms with Gasteiger partial charge in [0.05, 0.1) is 12.5 Å². The van der Waals surface area contributed by atoms with Crippen LogP contribution in [0.1, 0.15) is 40.9 Å². The first-order chi connectivity index (χ1) is 8.99. The van der Waals surface area contributed by atoms with Crippen LogP contribution in [0, 0.1) is 11.8 Å². The number of nitrogens with zero attached hydrogens (tertiary/aromatic N) is 1. The molecule has 1 aromatic carbocycles. The molecule has 1 fully saturated rings. The molecule has 1 heterocycles. The average molecular weight is 259 g/mol. The second-order valence-corrected chi connectivity index (χ2v) is 5.67. The first kappa shape index (κ1) is 12.4. The molecule has 2 aliphatic rings. The van der Waals surface area contributed by atoms with E-state index in [1.807, 2.05) is 6.07 Å². The van der Waals surface area contributed by atoms with Crippen molar-refractivity contribution in [2.45, 2.75) is 25.9 Å². The van der Waals surface area contributed by atoms with Crippen LogP contribution in [0.2, 0.25) is 0 Å². The van der Waals surface area contributed by atoms with Gasteiger partial charge in [0.1, 0.15) is 0 Å². The van der Waals surface area contributed by atoms with Crippen LogP contribution < -0.4 is 0 Å². The largest absolute Gasteiger partial charge is 0.388 e. The summed E-state index contributed by atoms with van der Waals surface area (Å²) in [6.07, 6.45) is 0.786. The summed E-state index contributed by atoms with van der Waals surface area (Å²) >= 11 is 0. The Hall–Kier alpha value is -1.68. The highest BCUT2D eigenvalue weighted by molar-refractivity contribution is 6.09. The second-order valence-electron chi connectivity index (χ2n) is 5.67. The van der Waals surface area contributed by atoms with E-state index in [1.165, 1.54) is 7.05 Å². The van der Waals surface area contributed by atoms with Crippen molar-refractivity contribution in [3.8, 4) is 0 Å². The van der Waals surface area contributed by atoms with Gasteiger partial charge in [0.2, 0.25) is 5.91 Å². The van der Waals surface area contributed by atoms with E-state index in [0.717, 1.165) is 22.4 Å². The quantitative estimate of drug-likeness (QED) is 0.819. The predicted molar refractivity (Wildman–Crippen MR) is 69.5 cm³/mol. The average Bonchev–Trinajstić information content (AvgIpc) is 3.12. The Morgan fingerprint density at radius 3 is 2.68 bits per heavy atom. The molecule has 1 saturated carbocycles. The number of hydrogen-bond acceptors (Lipinski definition) is 3. The number of aliphatic hydroxyl groups excluding tert-OH is 1. The van der Waals surface area contributed by atoms with Gasteiger partial charge in [-0.1, -0.05) is 19.1 Å². The lowest BCUT2D eigenvalue weighted by molar-refractivity contribution is -0.127. The van der Waals surface area contributed by atoms with E-state index in [9.17, 15) is 14.7 Å². The van der Waals surface area contributed by atoms with E-state index in [-0.39, 0.29) is 18.2 Å². The summed E-state index contributed by atoms with van der Waals surface area (Å²) in [5, 5.41) is 10.2. The van der Waals surface area contributed by atoms with Gasteiger partial charge in [-0.05, 0) is 35.4 Å². The summed E-state index contributed by atoms with van der Waals surface area (Å²) in [5.74, 6) is 0.396. The molecule has 4 nitrogen and oxygen atoms in total. The lowest BCUT2D eigenvalue weighted by Gasteiger charge is -2.24. The third-order valence-corrected chi connectivity index (χ3v) is 4.30. The highest BCUT2D eigenvalue weighted by atomic mass is 16.3. The third kappa shape index (κ3) is 1.96. The maximum Gasteiger partial charge on any atom is 0.260 e. The molecular formula is C15H17NO3. The van der Waals surface area contributed by atoms with E-state index < -0.39 is 6.10 Å². The second kappa shape index (κ2) is 4.17. The van der Waals surface area contributed by atoms with Crippen LogP contribution in [0.15, 0.2) is 18.2 Å². The number of imide groups is 1. The number of carbonyl (C=O) groups is 2. The Bertz CT molecular complexity index is 567. The zero-order valence-corrected chi connectivity index (χ0v) is 11.1. The van der Waals surface area contributed by atoms with Gasteiger partial charge in [-0.15, -0.1) is 0 Å². The van der Waals surface area contributed by atoms with Crippen LogP contribution in [0.3, 0.4) is 0 Å². The van der Waals surface area contributed by atoms with Gasteiger partial charge in [0, 0.05) is 12.6 Å². The van der Waals surface area contributed by atoms with Crippen LogP contribution in [0.5, 0.6) is 0 Å². The van der Waals surface area contributed by atoms with Crippen LogP contribution >= 0.6 is 0 Å². The number of aliphatic hydroxyl groups is 1. The van der Waals surface area contributed by atoms with Crippen molar-refractivity contribution in [1.82, 2.24) is 4.90 Å². The van der Waals surface area contributed by atoms with Crippen molar-refractivity contribution in [2.24, 2.45) is 11.8 Å². The Morgan fingerprint density at radius 1 is 1.37 bits per heavy atom. The lowest BCUT2D eigenvalue weighted by atomic mass is 9.93. The number of fused-ring (bicyclic) bond motifs is 1. The summed E-state index contributed by atoms with van der Waals surface area (Å²) in [6.45, 7) is 2.11. The maximum atomic E-state index is 12.1. The van der Waals surface area contributed by atoms with E-state index >= 15 is 0 Å². The fourth-order valence-electron chi connectivity index (χ4n) is 2.74. The van der Waals surface area contributed by atoms with E-state index in [2.05, 4.69) is 6.92 Å². The van der Waals surface area contributed by atoms with E-state index in [4.69, 9.17) is 0 Å². The smallest absolute Gasteiger partial charge is 0.260 e. The fourth-order valence-corrected chi connectivity index (χ4v) is 2.74. The van der Waals surface area contributed by atoms with Crippen molar-refractivity contribution in [3.05, 3.63) is 34.9 Å². The number of carbonyl (C=O) groups excluding carboxylic acids is 2. The molecule has 3 rings (SSSR count). The van der Waals surface area contributed by atoms with Gasteiger partial charge in [-0.2, -0.15) is 0 Å². The van der Waals surface area contributed by atoms with E-state index in [1.54, 1.807) is 12.1 Å². The highest BCUT2D eigenvalue weighted by Crippen LogP contribution is 2.47. The minimum absolute atomic E-state index is 0.179. The standard InChI is InChI=1S/C15H17NO3/c1-8-5-11(8)14(18)10-4-3-9-7-13(17)16(2)15(19)12(9)6-10/h3-4,6,8,11,14,18H,5,7H2,1-2H3. The van der Waals surface area contributed by atoms with Crippen molar-refractivity contribution in [1.29, 1.82) is 0 Å². The molecule has 1 aromatic rings. The van der Waals surface area contributed by atoms with Gasteiger partial charge in [0.25, 0.3) is 5.91 Å². The SMILES string of the molecule is CC1CC1C(O)c1ccc2c(c1)C(=O)N(C)C(=O)C2. The summed E-state index contributed by atoms with van der Waals surface area (Å²) in [6, 6.07) is 5.38. The molecule has 3 atom stereocenters. The van der Waals surface area contributed by atoms with Crippen LogP contribution in [0.25, 0.3) is 0 Å². The number of hydrogen-bond donors (Lipinski definition) is 1. The monoisotopic (exact) mass is 259 g/mol. The molecule has 3 unspecified atom stereocenters. The van der Waals surface area contributed by atoms with Crippen LogP contribution in [-0.4, -0.2) is 28.9 Å². The molecule has 1 aliphatic heterocycles. The molecule has 0 aromatic heterocycles. The van der Waals surface area contributed by atoms with Gasteiger partial charge in [0.15, 0.2) is 0 Å². The third-order valence-electron chi connectivity index (χ3n) is 4.30. The van der Waals surface area contributed by atoms with Crippen molar-refractivity contribution < 1.29 is 14.7 Å². The molecule has 1 N–H and O–H groups in total. The van der Waals surface area contributed by atoms with Gasteiger partial charge in [-0.25, -0.2) is 0 Å². The Morgan fingerprint density at radius 2 is 2.05 bits per heavy atom. The first-order valence-corrected chi connectivity index (χ1v) is 6.61.